The van der Waals surface area contributed by atoms with Crippen LogP contribution in [-0.4, -0.2) is 57.0 Å². The monoisotopic (exact) mass is 516 g/mol. The van der Waals surface area contributed by atoms with Crippen LogP contribution in [-0.2, 0) is 16.6 Å². The Balaban J connectivity index is 1.24. The predicted molar refractivity (Wildman–Crippen MR) is 140 cm³/mol. The van der Waals surface area contributed by atoms with Crippen LogP contribution >= 0.6 is 11.3 Å². The Bertz CT molecular complexity index is 1530. The van der Waals surface area contributed by atoms with Gasteiger partial charge in [0.25, 0.3) is 5.91 Å². The van der Waals surface area contributed by atoms with Gasteiger partial charge in [-0.2, -0.15) is 0 Å². The zero-order valence-corrected chi connectivity index (χ0v) is 21.1. The summed E-state index contributed by atoms with van der Waals surface area (Å²) in [4.78, 5) is 16.0. The first kappa shape index (κ1) is 22.0. The average molecular weight is 517 g/mol. The Morgan fingerprint density at radius 1 is 1.19 bits per heavy atom. The average Bonchev–Trinajstić information content (AvgIpc) is 3.43. The summed E-state index contributed by atoms with van der Waals surface area (Å²) < 4.78 is 7.34. The number of ether oxygens (including phenoxy) is 1. The number of phenols is 1. The molecule has 8 rings (SSSR count). The number of phenolic OH excluding ortho intramolecular Hbond substituents is 1. The summed E-state index contributed by atoms with van der Waals surface area (Å²) in [5.41, 5.74) is 0.453. The molecule has 1 saturated heterocycles. The number of hydrogen-bond acceptors (Lipinski definition) is 7. The molecule has 3 heterocycles. The molecule has 1 aromatic heterocycles. The second kappa shape index (κ2) is 7.28. The Labute approximate surface area is 218 Å². The van der Waals surface area contributed by atoms with E-state index in [1.54, 1.807) is 17.4 Å². The molecule has 2 aliphatic heterocycles. The van der Waals surface area contributed by atoms with Crippen molar-refractivity contribution in [2.75, 3.05) is 18.4 Å². The zero-order chi connectivity index (χ0) is 25.1. The van der Waals surface area contributed by atoms with Gasteiger partial charge in [-0.1, -0.05) is 12.1 Å². The highest BCUT2D eigenvalue weighted by molar-refractivity contribution is 7.17. The second-order valence-electron chi connectivity index (χ2n) is 11.4. The molecule has 2 aromatic carbocycles. The van der Waals surface area contributed by atoms with Crippen molar-refractivity contribution in [3.63, 3.8) is 0 Å². The van der Waals surface area contributed by atoms with E-state index in [0.29, 0.717) is 30.2 Å². The standard InChI is InChI=1S/C29H28N2O5S/c32-20-6-4-17-11-22-29(35)13-19(27(34)30-18-5-3-16-7-10-37-21(16)12-18)24(33)26-28(29,23(17)25(20)36-26)8-9-31(22)14-15-1-2-15/h3-7,10,12,15,22,26,32-33,35H,1-2,8-9,11,13-14H2,(H,30,34)/t22-,26+,28+,29-/m1/s1. The number of aromatic hydroxyl groups is 1. The topological polar surface area (TPSA) is 102 Å². The van der Waals surface area contributed by atoms with Crippen LogP contribution in [0.1, 0.15) is 36.8 Å². The van der Waals surface area contributed by atoms with Gasteiger partial charge in [-0.05, 0) is 78.7 Å². The van der Waals surface area contributed by atoms with Gasteiger partial charge in [-0.15, -0.1) is 11.3 Å². The molecule has 3 aromatic rings. The maximum Gasteiger partial charge on any atom is 0.255 e. The molecule has 4 atom stereocenters. The number of anilines is 1. The van der Waals surface area contributed by atoms with Gasteiger partial charge in [0.1, 0.15) is 5.76 Å². The molecule has 1 spiro atoms. The van der Waals surface area contributed by atoms with Crippen LogP contribution in [0, 0.1) is 5.92 Å². The first-order valence-electron chi connectivity index (χ1n) is 13.1. The summed E-state index contributed by atoms with van der Waals surface area (Å²) in [6.45, 7) is 1.72. The fourth-order valence-electron chi connectivity index (χ4n) is 7.61. The van der Waals surface area contributed by atoms with Crippen LogP contribution in [0.15, 0.2) is 53.1 Å². The van der Waals surface area contributed by atoms with Crippen molar-refractivity contribution in [3.8, 4) is 11.5 Å². The van der Waals surface area contributed by atoms with Crippen molar-refractivity contribution in [3.05, 3.63) is 64.2 Å². The van der Waals surface area contributed by atoms with Crippen molar-refractivity contribution >= 4 is 33.0 Å². The number of rotatable bonds is 4. The number of nitrogens with zero attached hydrogens (tertiary/aromatic N) is 1. The maximum absolute atomic E-state index is 13.6. The third-order valence-electron chi connectivity index (χ3n) is 9.51. The summed E-state index contributed by atoms with van der Waals surface area (Å²) in [5, 5.41) is 41.0. The minimum Gasteiger partial charge on any atom is -0.508 e. The van der Waals surface area contributed by atoms with Gasteiger partial charge < -0.3 is 25.4 Å². The molecule has 8 heteroatoms. The predicted octanol–water partition coefficient (Wildman–Crippen LogP) is 4.23. The third kappa shape index (κ3) is 2.81. The van der Waals surface area contributed by atoms with E-state index >= 15 is 0 Å². The zero-order valence-electron chi connectivity index (χ0n) is 20.2. The molecule has 0 radical (unpaired) electrons. The van der Waals surface area contributed by atoms with Crippen LogP contribution in [0.25, 0.3) is 10.1 Å². The van der Waals surface area contributed by atoms with Crippen molar-refractivity contribution in [1.82, 2.24) is 4.90 Å². The van der Waals surface area contributed by atoms with Crippen molar-refractivity contribution < 1.29 is 24.9 Å². The highest BCUT2D eigenvalue weighted by atomic mass is 32.1. The van der Waals surface area contributed by atoms with Gasteiger partial charge in [0.15, 0.2) is 17.6 Å². The fraction of sp³-hybridized carbons (Fsp3) is 0.414. The molecular weight excluding hydrogens is 488 g/mol. The van der Waals surface area contributed by atoms with Gasteiger partial charge in [0.2, 0.25) is 0 Å². The summed E-state index contributed by atoms with van der Waals surface area (Å²) in [6, 6.07) is 11.1. The first-order valence-corrected chi connectivity index (χ1v) is 14.0. The number of nitrogens with one attached hydrogen (secondary N) is 1. The van der Waals surface area contributed by atoms with E-state index in [4.69, 9.17) is 4.74 Å². The lowest BCUT2D eigenvalue weighted by molar-refractivity contribution is -0.172. The smallest absolute Gasteiger partial charge is 0.255 e. The number of carbonyl (C=O) groups is 1. The van der Waals surface area contributed by atoms with Gasteiger partial charge >= 0.3 is 0 Å². The molecule has 0 unspecified atom stereocenters. The minimum absolute atomic E-state index is 0.00628. The number of amides is 1. The normalized spacial score (nSPS) is 31.8. The summed E-state index contributed by atoms with van der Waals surface area (Å²) in [7, 11) is 0. The minimum atomic E-state index is -1.31. The molecule has 5 aliphatic rings. The lowest BCUT2D eigenvalue weighted by Gasteiger charge is -2.62. The number of benzene rings is 2. The number of carbonyl (C=O) groups excluding carboxylic acids is 1. The number of thiophene rings is 1. The van der Waals surface area contributed by atoms with Crippen LogP contribution < -0.4 is 10.1 Å². The number of aliphatic hydroxyl groups excluding tert-OH is 1. The van der Waals surface area contributed by atoms with Crippen molar-refractivity contribution in [1.29, 1.82) is 0 Å². The second-order valence-corrected chi connectivity index (χ2v) is 12.4. The molecule has 4 N–H and O–H groups in total. The Morgan fingerprint density at radius 2 is 2.05 bits per heavy atom. The molecule has 190 valence electrons. The number of piperidine rings is 1. The Hall–Kier alpha value is -3.07. The largest absolute Gasteiger partial charge is 0.508 e. The van der Waals surface area contributed by atoms with Crippen molar-refractivity contribution in [2.24, 2.45) is 5.92 Å². The van der Waals surface area contributed by atoms with E-state index in [-0.39, 0.29) is 29.5 Å². The molecule has 2 fully saturated rings. The molecule has 1 amide bonds. The molecular formula is C29H28N2O5S. The number of likely N-dealkylation sites (tertiary alicyclic amines) is 1. The third-order valence-corrected chi connectivity index (χ3v) is 10.4. The summed E-state index contributed by atoms with van der Waals surface area (Å²) in [6.07, 6.45) is 2.77. The van der Waals surface area contributed by atoms with Crippen LogP contribution in [0.3, 0.4) is 0 Å². The molecule has 37 heavy (non-hydrogen) atoms. The van der Waals surface area contributed by atoms with Crippen molar-refractivity contribution in [2.45, 2.75) is 55.3 Å². The maximum atomic E-state index is 13.6. The lowest BCUT2D eigenvalue weighted by atomic mass is 9.49. The van der Waals surface area contributed by atoms with E-state index in [9.17, 15) is 20.1 Å². The summed E-state index contributed by atoms with van der Waals surface area (Å²) in [5.74, 6) is 0.431. The SMILES string of the molecule is O=C(Nc1ccc2ccsc2c1)C1=C(O)[C@@H]2Oc3c(O)ccc4c3[C@@]23CCN(CC2CC2)[C@H](C4)[C@]3(O)C1. The Morgan fingerprint density at radius 3 is 2.89 bits per heavy atom. The van der Waals surface area contributed by atoms with E-state index in [1.807, 2.05) is 35.7 Å². The van der Waals surface area contributed by atoms with E-state index in [0.717, 1.165) is 34.3 Å². The highest BCUT2D eigenvalue weighted by Gasteiger charge is 2.73. The van der Waals surface area contributed by atoms with Crippen LogP contribution in [0.4, 0.5) is 5.69 Å². The molecule has 2 bridgehead atoms. The number of fused-ring (bicyclic) bond motifs is 1. The van der Waals surface area contributed by atoms with Gasteiger partial charge in [-0.25, -0.2) is 0 Å². The van der Waals surface area contributed by atoms with E-state index < -0.39 is 23.0 Å². The number of hydrogen-bond donors (Lipinski definition) is 4. The van der Waals surface area contributed by atoms with E-state index in [1.165, 1.54) is 12.8 Å². The van der Waals surface area contributed by atoms with Crippen LogP contribution in [0.2, 0.25) is 0 Å². The van der Waals surface area contributed by atoms with Gasteiger partial charge in [0, 0.05) is 35.0 Å². The Kier molecular flexibility index (Phi) is 4.32. The molecule has 7 nitrogen and oxygen atoms in total. The first-order chi connectivity index (χ1) is 17.9. The fourth-order valence-corrected chi connectivity index (χ4v) is 8.44. The number of aliphatic hydroxyl groups is 2. The molecule has 1 saturated carbocycles. The van der Waals surface area contributed by atoms with Gasteiger partial charge in [-0.3, -0.25) is 9.69 Å². The van der Waals surface area contributed by atoms with E-state index in [2.05, 4.69) is 10.2 Å². The lowest BCUT2D eigenvalue weighted by Crippen LogP contribution is -2.75. The highest BCUT2D eigenvalue weighted by Crippen LogP contribution is 2.66. The summed E-state index contributed by atoms with van der Waals surface area (Å²) >= 11 is 1.60. The van der Waals surface area contributed by atoms with Gasteiger partial charge in [0.05, 0.1) is 16.6 Å². The molecule has 3 aliphatic carbocycles. The quantitative estimate of drug-likeness (QED) is 0.414. The van der Waals surface area contributed by atoms with Crippen LogP contribution in [0.5, 0.6) is 11.5 Å².